The van der Waals surface area contributed by atoms with Crippen LogP contribution in [0.2, 0.25) is 0 Å². The van der Waals surface area contributed by atoms with Crippen molar-refractivity contribution >= 4 is 29.2 Å². The minimum Gasteiger partial charge on any atom is -0.488 e. The third kappa shape index (κ3) is 4.34. The molecule has 2 N–H and O–H groups in total. The Labute approximate surface area is 195 Å². The van der Waals surface area contributed by atoms with Gasteiger partial charge in [-0.25, -0.2) is 9.59 Å². The summed E-state index contributed by atoms with van der Waals surface area (Å²) in [6.45, 7) is 4.84. The molecule has 0 unspecified atom stereocenters. The zero-order valence-electron chi connectivity index (χ0n) is 18.4. The number of hydrogen-bond acceptors (Lipinski definition) is 6. The molecule has 0 fully saturated rings. The van der Waals surface area contributed by atoms with Crippen molar-refractivity contribution in [3.8, 4) is 27.3 Å². The van der Waals surface area contributed by atoms with Crippen LogP contribution in [-0.2, 0) is 11.3 Å². The number of aromatic carboxylic acids is 1. The predicted molar refractivity (Wildman–Crippen MR) is 125 cm³/mol. The van der Waals surface area contributed by atoms with Gasteiger partial charge in [-0.05, 0) is 47.2 Å². The number of hydrogen-bond donors (Lipinski definition) is 2. The molecule has 0 saturated carbocycles. The zero-order valence-corrected chi connectivity index (χ0v) is 19.2. The number of carboxylic acid groups (broad SMARTS) is 1. The van der Waals surface area contributed by atoms with Gasteiger partial charge in [-0.3, -0.25) is 4.79 Å². The number of esters is 1. The van der Waals surface area contributed by atoms with Crippen molar-refractivity contribution in [2.75, 3.05) is 13.7 Å². The van der Waals surface area contributed by atoms with Crippen LogP contribution in [0.25, 0.3) is 21.6 Å². The van der Waals surface area contributed by atoms with E-state index in [0.717, 1.165) is 10.4 Å². The van der Waals surface area contributed by atoms with E-state index in [0.29, 0.717) is 35.6 Å². The van der Waals surface area contributed by atoms with E-state index in [1.54, 1.807) is 24.3 Å². The van der Waals surface area contributed by atoms with Crippen molar-refractivity contribution in [3.05, 3.63) is 64.0 Å². The number of carboxylic acids is 1. The van der Waals surface area contributed by atoms with E-state index in [2.05, 4.69) is 5.32 Å². The molecule has 0 aliphatic carbocycles. The van der Waals surface area contributed by atoms with Crippen molar-refractivity contribution in [1.29, 1.82) is 0 Å². The molecular formula is C25H23NO6S. The predicted octanol–water partition coefficient (Wildman–Crippen LogP) is 4.85. The van der Waals surface area contributed by atoms with E-state index in [4.69, 9.17) is 9.47 Å². The standard InChI is InChI=1S/C25H23NO6S/c1-13(2)11-26-23(27)14-4-5-16(19(8-14)25(30)31-3)17-10-21-20(9-18(17)24(28)29)22-15(12-32-21)6-7-33-22/h4-10,13H,11-12H2,1-3H3,(H,26,27)(H,28,29). The Morgan fingerprint density at radius 1 is 1.09 bits per heavy atom. The fourth-order valence-corrected chi connectivity index (χ4v) is 4.65. The number of carbonyl (C=O) groups is 3. The third-order valence-electron chi connectivity index (χ3n) is 5.37. The maximum atomic E-state index is 12.6. The molecule has 8 heteroatoms. The first-order chi connectivity index (χ1) is 15.8. The third-order valence-corrected chi connectivity index (χ3v) is 6.36. The first kappa shape index (κ1) is 22.5. The van der Waals surface area contributed by atoms with E-state index < -0.39 is 11.9 Å². The number of benzene rings is 2. The average Bonchev–Trinajstić information content (AvgIpc) is 3.30. The van der Waals surface area contributed by atoms with Gasteiger partial charge < -0.3 is 19.9 Å². The van der Waals surface area contributed by atoms with Gasteiger partial charge in [-0.15, -0.1) is 11.3 Å². The van der Waals surface area contributed by atoms with Crippen LogP contribution in [0.4, 0.5) is 0 Å². The highest BCUT2D eigenvalue weighted by molar-refractivity contribution is 7.13. The highest BCUT2D eigenvalue weighted by Gasteiger charge is 2.26. The molecule has 0 atom stereocenters. The van der Waals surface area contributed by atoms with Crippen molar-refractivity contribution < 1.29 is 29.0 Å². The highest BCUT2D eigenvalue weighted by atomic mass is 32.1. The molecule has 2 aromatic carbocycles. The van der Waals surface area contributed by atoms with E-state index in [-0.39, 0.29) is 28.5 Å². The maximum absolute atomic E-state index is 12.6. The number of fused-ring (bicyclic) bond motifs is 3. The van der Waals surface area contributed by atoms with Crippen molar-refractivity contribution in [1.82, 2.24) is 5.32 Å². The fraction of sp³-hybridized carbons (Fsp3) is 0.240. The van der Waals surface area contributed by atoms with Crippen molar-refractivity contribution in [2.45, 2.75) is 20.5 Å². The largest absolute Gasteiger partial charge is 0.488 e. The second-order valence-electron chi connectivity index (χ2n) is 8.12. The molecule has 0 radical (unpaired) electrons. The Kier molecular flexibility index (Phi) is 6.20. The van der Waals surface area contributed by atoms with Crippen molar-refractivity contribution in [3.63, 3.8) is 0 Å². The molecule has 1 aliphatic heterocycles. The number of amides is 1. The average molecular weight is 466 g/mol. The lowest BCUT2D eigenvalue weighted by molar-refractivity contribution is 0.0600. The lowest BCUT2D eigenvalue weighted by atomic mass is 9.91. The summed E-state index contributed by atoms with van der Waals surface area (Å²) in [5.74, 6) is -1.31. The van der Waals surface area contributed by atoms with Crippen LogP contribution in [0.1, 0.15) is 50.5 Å². The Hall–Kier alpha value is -3.65. The SMILES string of the molecule is COC(=O)c1cc(C(=O)NCC(C)C)ccc1-c1cc2c(cc1C(=O)O)-c1sccc1CO2. The van der Waals surface area contributed by atoms with E-state index in [9.17, 15) is 19.5 Å². The molecule has 0 spiro atoms. The summed E-state index contributed by atoms with van der Waals surface area (Å²) in [5, 5.41) is 14.7. The fourth-order valence-electron chi connectivity index (χ4n) is 3.72. The zero-order chi connectivity index (χ0) is 23.7. The molecular weight excluding hydrogens is 442 g/mol. The van der Waals surface area contributed by atoms with Gasteiger partial charge >= 0.3 is 11.9 Å². The number of nitrogens with one attached hydrogen (secondary N) is 1. The number of rotatable bonds is 6. The smallest absolute Gasteiger partial charge is 0.338 e. The summed E-state index contributed by atoms with van der Waals surface area (Å²) >= 11 is 1.52. The number of carbonyl (C=O) groups excluding carboxylic acids is 2. The van der Waals surface area contributed by atoms with Gasteiger partial charge in [0, 0.05) is 33.7 Å². The minimum absolute atomic E-state index is 0.0285. The van der Waals surface area contributed by atoms with Gasteiger partial charge in [0.2, 0.25) is 0 Å². The molecule has 170 valence electrons. The van der Waals surface area contributed by atoms with E-state index in [1.165, 1.54) is 24.5 Å². The van der Waals surface area contributed by atoms with Crippen LogP contribution >= 0.6 is 11.3 Å². The van der Waals surface area contributed by atoms with Crippen LogP contribution in [0.15, 0.2) is 41.8 Å². The van der Waals surface area contributed by atoms with Gasteiger partial charge in [0.1, 0.15) is 12.4 Å². The summed E-state index contributed by atoms with van der Waals surface area (Å²) < 4.78 is 10.8. The second kappa shape index (κ2) is 9.07. The molecule has 1 aliphatic rings. The van der Waals surface area contributed by atoms with E-state index >= 15 is 0 Å². The first-order valence-corrected chi connectivity index (χ1v) is 11.3. The number of ether oxygens (including phenoxy) is 2. The van der Waals surface area contributed by atoms with Gasteiger partial charge in [0.05, 0.1) is 18.2 Å². The van der Waals surface area contributed by atoms with Gasteiger partial charge in [0.25, 0.3) is 5.91 Å². The van der Waals surface area contributed by atoms with Crippen LogP contribution < -0.4 is 10.1 Å². The molecule has 4 rings (SSSR count). The van der Waals surface area contributed by atoms with Crippen LogP contribution in [0, 0.1) is 5.92 Å². The van der Waals surface area contributed by atoms with Crippen molar-refractivity contribution in [2.24, 2.45) is 5.92 Å². The topological polar surface area (TPSA) is 102 Å². The van der Waals surface area contributed by atoms with Crippen LogP contribution in [-0.4, -0.2) is 36.6 Å². The van der Waals surface area contributed by atoms with Gasteiger partial charge in [-0.1, -0.05) is 19.9 Å². The Bertz CT molecular complexity index is 1260. The van der Waals surface area contributed by atoms with Crippen LogP contribution in [0.3, 0.4) is 0 Å². The minimum atomic E-state index is -1.13. The molecule has 33 heavy (non-hydrogen) atoms. The lowest BCUT2D eigenvalue weighted by Gasteiger charge is -2.21. The lowest BCUT2D eigenvalue weighted by Crippen LogP contribution is -2.27. The molecule has 7 nitrogen and oxygen atoms in total. The molecule has 1 aromatic heterocycles. The van der Waals surface area contributed by atoms with Crippen LogP contribution in [0.5, 0.6) is 5.75 Å². The number of methoxy groups -OCH3 is 1. The first-order valence-electron chi connectivity index (χ1n) is 10.4. The van der Waals surface area contributed by atoms with Gasteiger partial charge in [0.15, 0.2) is 0 Å². The summed E-state index contributed by atoms with van der Waals surface area (Å²) in [6, 6.07) is 9.74. The maximum Gasteiger partial charge on any atom is 0.338 e. The van der Waals surface area contributed by atoms with E-state index in [1.807, 2.05) is 25.3 Å². The molecule has 2 heterocycles. The molecule has 0 bridgehead atoms. The number of thiophene rings is 1. The molecule has 3 aromatic rings. The Morgan fingerprint density at radius 2 is 1.88 bits per heavy atom. The highest BCUT2D eigenvalue weighted by Crippen LogP contribution is 2.44. The monoisotopic (exact) mass is 465 g/mol. The summed E-state index contributed by atoms with van der Waals surface area (Å²) in [4.78, 5) is 38.3. The Morgan fingerprint density at radius 3 is 2.58 bits per heavy atom. The summed E-state index contributed by atoms with van der Waals surface area (Å²) in [7, 11) is 1.24. The van der Waals surface area contributed by atoms with Gasteiger partial charge in [-0.2, -0.15) is 0 Å². The summed E-state index contributed by atoms with van der Waals surface area (Å²) in [5.41, 5.74) is 2.79. The molecule has 0 saturated heterocycles. The quantitative estimate of drug-likeness (QED) is 0.505. The Balaban J connectivity index is 1.85. The molecule has 1 amide bonds. The second-order valence-corrected chi connectivity index (χ2v) is 9.03. The summed E-state index contributed by atoms with van der Waals surface area (Å²) in [6.07, 6.45) is 0. The normalized spacial score (nSPS) is 11.9.